The maximum absolute atomic E-state index is 12.5. The first-order chi connectivity index (χ1) is 15.3. The van der Waals surface area contributed by atoms with Crippen LogP contribution in [-0.2, 0) is 10.0 Å². The smallest absolute Gasteiger partial charge is 0.242 e. The standard InChI is InChI=1S/C25H34N4O2S/c1-19-5-3-7-24(20(19)2)29-11-9-28(10-12-29)18-21-13-25(14-21)15-22(16-25)27-32(30,31)23-6-4-8-26-17-23/h3-8,17,21-22,27H,9-16,18H2,1-2H3. The van der Waals surface area contributed by atoms with Gasteiger partial charge >= 0.3 is 0 Å². The molecule has 6 nitrogen and oxygen atoms in total. The van der Waals surface area contributed by atoms with E-state index in [0.717, 1.165) is 44.9 Å². The fourth-order valence-electron chi connectivity index (χ4n) is 6.10. The molecule has 1 spiro atoms. The second-order valence-electron chi connectivity index (χ2n) is 10.2. The number of aryl methyl sites for hydroxylation is 1. The molecule has 2 aromatic rings. The van der Waals surface area contributed by atoms with Crippen molar-refractivity contribution in [1.29, 1.82) is 0 Å². The lowest BCUT2D eigenvalue weighted by atomic mass is 9.50. The van der Waals surface area contributed by atoms with E-state index in [2.05, 4.69) is 51.6 Å². The van der Waals surface area contributed by atoms with Crippen molar-refractivity contribution in [3.63, 3.8) is 0 Å². The summed E-state index contributed by atoms with van der Waals surface area (Å²) >= 11 is 0. The van der Waals surface area contributed by atoms with Gasteiger partial charge in [0, 0.05) is 56.8 Å². The molecule has 0 amide bonds. The summed E-state index contributed by atoms with van der Waals surface area (Å²) in [6.45, 7) is 10.1. The number of hydrogen-bond acceptors (Lipinski definition) is 5. The molecule has 172 valence electrons. The molecular weight excluding hydrogens is 420 g/mol. The van der Waals surface area contributed by atoms with Crippen LogP contribution < -0.4 is 9.62 Å². The van der Waals surface area contributed by atoms with E-state index in [1.54, 1.807) is 18.3 Å². The summed E-state index contributed by atoms with van der Waals surface area (Å²) in [4.78, 5) is 9.34. The monoisotopic (exact) mass is 454 g/mol. The number of aromatic nitrogens is 1. The molecule has 3 aliphatic rings. The van der Waals surface area contributed by atoms with Crippen LogP contribution in [0.5, 0.6) is 0 Å². The average molecular weight is 455 g/mol. The first kappa shape index (κ1) is 21.9. The largest absolute Gasteiger partial charge is 0.369 e. The number of rotatable bonds is 6. The number of piperazine rings is 1. The van der Waals surface area contributed by atoms with E-state index in [9.17, 15) is 8.42 Å². The summed E-state index contributed by atoms with van der Waals surface area (Å²) in [5, 5.41) is 0. The third-order valence-electron chi connectivity index (χ3n) is 7.87. The van der Waals surface area contributed by atoms with Crippen molar-refractivity contribution in [3.05, 3.63) is 53.9 Å². The van der Waals surface area contributed by atoms with Gasteiger partial charge in [-0.25, -0.2) is 13.1 Å². The van der Waals surface area contributed by atoms with Crippen LogP contribution in [0.1, 0.15) is 36.8 Å². The Hall–Kier alpha value is -1.96. The van der Waals surface area contributed by atoms with Crippen LogP contribution in [0, 0.1) is 25.2 Å². The zero-order chi connectivity index (χ0) is 22.3. The molecule has 0 radical (unpaired) electrons. The van der Waals surface area contributed by atoms with Crippen LogP contribution in [0.4, 0.5) is 5.69 Å². The van der Waals surface area contributed by atoms with Crippen LogP contribution >= 0.6 is 0 Å². The van der Waals surface area contributed by atoms with Gasteiger partial charge in [-0.2, -0.15) is 0 Å². The molecule has 7 heteroatoms. The third kappa shape index (κ3) is 4.30. The maximum Gasteiger partial charge on any atom is 0.242 e. The van der Waals surface area contributed by atoms with Gasteiger partial charge in [0.25, 0.3) is 0 Å². The predicted octanol–water partition coefficient (Wildman–Crippen LogP) is 3.36. The number of hydrogen-bond donors (Lipinski definition) is 1. The lowest BCUT2D eigenvalue weighted by Gasteiger charge is -2.58. The van der Waals surface area contributed by atoms with Crippen LogP contribution in [0.15, 0.2) is 47.6 Å². The van der Waals surface area contributed by atoms with Crippen LogP contribution in [0.2, 0.25) is 0 Å². The summed E-state index contributed by atoms with van der Waals surface area (Å²) < 4.78 is 27.8. The van der Waals surface area contributed by atoms with Crippen LogP contribution in [-0.4, -0.2) is 57.1 Å². The molecular formula is C25H34N4O2S. The van der Waals surface area contributed by atoms with Crippen LogP contribution in [0.3, 0.4) is 0 Å². The molecule has 5 rings (SSSR count). The molecule has 3 fully saturated rings. The van der Waals surface area contributed by atoms with Crippen molar-refractivity contribution in [3.8, 4) is 0 Å². The van der Waals surface area contributed by atoms with Crippen molar-refractivity contribution in [2.45, 2.75) is 50.5 Å². The second kappa shape index (κ2) is 8.43. The highest BCUT2D eigenvalue weighted by Gasteiger charge is 2.53. The number of sulfonamides is 1. The number of pyridine rings is 1. The van der Waals surface area contributed by atoms with E-state index >= 15 is 0 Å². The molecule has 1 aromatic carbocycles. The Morgan fingerprint density at radius 1 is 1.03 bits per heavy atom. The van der Waals surface area contributed by atoms with Gasteiger partial charge in [0.2, 0.25) is 10.0 Å². The van der Waals surface area contributed by atoms with Crippen molar-refractivity contribution in [1.82, 2.24) is 14.6 Å². The summed E-state index contributed by atoms with van der Waals surface area (Å²) in [5.41, 5.74) is 4.54. The van der Waals surface area contributed by atoms with E-state index in [1.165, 1.54) is 42.4 Å². The summed E-state index contributed by atoms with van der Waals surface area (Å²) in [6.07, 6.45) is 7.45. The van der Waals surface area contributed by atoms with Gasteiger partial charge in [0.05, 0.1) is 0 Å². The van der Waals surface area contributed by atoms with E-state index in [1.807, 2.05) is 0 Å². The molecule has 1 aliphatic heterocycles. The van der Waals surface area contributed by atoms with Gasteiger partial charge < -0.3 is 4.90 Å². The zero-order valence-electron chi connectivity index (χ0n) is 19.1. The third-order valence-corrected chi connectivity index (χ3v) is 9.38. The van der Waals surface area contributed by atoms with Crippen molar-refractivity contribution < 1.29 is 8.42 Å². The van der Waals surface area contributed by atoms with Gasteiger partial charge in [-0.1, -0.05) is 12.1 Å². The highest BCUT2D eigenvalue weighted by Crippen LogP contribution is 2.59. The Labute approximate surface area is 192 Å². The first-order valence-electron chi connectivity index (χ1n) is 11.8. The molecule has 32 heavy (non-hydrogen) atoms. The molecule has 0 bridgehead atoms. The lowest BCUT2D eigenvalue weighted by Crippen LogP contribution is -2.58. The van der Waals surface area contributed by atoms with Gasteiger partial charge in [0.1, 0.15) is 4.90 Å². The summed E-state index contributed by atoms with van der Waals surface area (Å²) in [7, 11) is -3.45. The van der Waals surface area contributed by atoms with E-state index < -0.39 is 10.0 Å². The minimum atomic E-state index is -3.45. The molecule has 1 N–H and O–H groups in total. The Balaban J connectivity index is 1.05. The van der Waals surface area contributed by atoms with Crippen LogP contribution in [0.25, 0.3) is 0 Å². The van der Waals surface area contributed by atoms with E-state index in [4.69, 9.17) is 0 Å². The molecule has 2 aliphatic carbocycles. The normalized spacial score (nSPS) is 28.4. The van der Waals surface area contributed by atoms with Crippen molar-refractivity contribution in [2.75, 3.05) is 37.6 Å². The molecule has 1 saturated heterocycles. The Morgan fingerprint density at radius 3 is 2.47 bits per heavy atom. The fourth-order valence-corrected chi connectivity index (χ4v) is 7.30. The molecule has 2 saturated carbocycles. The number of nitrogens with one attached hydrogen (secondary N) is 1. The van der Waals surface area contributed by atoms with Crippen molar-refractivity contribution in [2.24, 2.45) is 11.3 Å². The zero-order valence-corrected chi connectivity index (χ0v) is 19.9. The minimum absolute atomic E-state index is 0.0715. The number of anilines is 1. The maximum atomic E-state index is 12.5. The van der Waals surface area contributed by atoms with Crippen molar-refractivity contribution >= 4 is 15.7 Å². The van der Waals surface area contributed by atoms with Gasteiger partial charge in [0.15, 0.2) is 0 Å². The highest BCUT2D eigenvalue weighted by atomic mass is 32.2. The second-order valence-corrected chi connectivity index (χ2v) is 11.9. The first-order valence-corrected chi connectivity index (χ1v) is 13.3. The molecule has 0 atom stereocenters. The SMILES string of the molecule is Cc1cccc(N2CCN(CC3CC4(C3)CC(NS(=O)(=O)c3cccnc3)C4)CC2)c1C. The van der Waals surface area contributed by atoms with Gasteiger partial charge in [-0.3, -0.25) is 9.88 Å². The lowest BCUT2D eigenvalue weighted by molar-refractivity contribution is -0.0545. The molecule has 2 heterocycles. The number of benzene rings is 1. The van der Waals surface area contributed by atoms with Gasteiger partial charge in [-0.15, -0.1) is 0 Å². The summed E-state index contributed by atoms with van der Waals surface area (Å²) in [5.74, 6) is 0.762. The summed E-state index contributed by atoms with van der Waals surface area (Å²) in [6, 6.07) is 9.95. The van der Waals surface area contributed by atoms with Gasteiger partial charge in [-0.05, 0) is 80.2 Å². The molecule has 1 aromatic heterocycles. The Bertz CT molecular complexity index is 1050. The average Bonchev–Trinajstić information content (AvgIpc) is 2.74. The van der Waals surface area contributed by atoms with E-state index in [0.29, 0.717) is 5.41 Å². The van der Waals surface area contributed by atoms with E-state index in [-0.39, 0.29) is 10.9 Å². The Kier molecular flexibility index (Phi) is 5.76. The number of nitrogens with zero attached hydrogens (tertiary/aromatic N) is 3. The fraction of sp³-hybridized carbons (Fsp3) is 0.560. The Morgan fingerprint density at radius 2 is 1.78 bits per heavy atom. The quantitative estimate of drug-likeness (QED) is 0.725. The minimum Gasteiger partial charge on any atom is -0.369 e. The topological polar surface area (TPSA) is 65.5 Å². The highest BCUT2D eigenvalue weighted by molar-refractivity contribution is 7.89. The molecule has 0 unspecified atom stereocenters. The predicted molar refractivity (Wildman–Crippen MR) is 127 cm³/mol.